The van der Waals surface area contributed by atoms with Gasteiger partial charge in [-0.3, -0.25) is 0 Å². The minimum Gasteiger partial charge on any atom is -0.0842 e. The summed E-state index contributed by atoms with van der Waals surface area (Å²) in [6.45, 7) is 4.40. The average molecular weight is 122 g/mol. The zero-order chi connectivity index (χ0) is 6.69. The van der Waals surface area contributed by atoms with Crippen LogP contribution >= 0.6 is 0 Å². The summed E-state index contributed by atoms with van der Waals surface area (Å²) in [6, 6.07) is 0. The highest BCUT2D eigenvalue weighted by atomic mass is 14.1. The highest BCUT2D eigenvalue weighted by Crippen LogP contribution is 2.22. The van der Waals surface area contributed by atoms with Crippen LogP contribution in [0.15, 0.2) is 23.8 Å². The molecule has 1 aliphatic rings. The maximum Gasteiger partial charge on any atom is -0.0191 e. The first-order valence-electron chi connectivity index (χ1n) is 3.67. The standard InChI is InChI=1S/C9H14/c1-3-9-7-5-4-6-8(9)2/h3,5,7-8H,4,6H2,1-2H3/b9-3+. The van der Waals surface area contributed by atoms with Crippen LogP contribution in [0.3, 0.4) is 0 Å². The zero-order valence-corrected chi connectivity index (χ0v) is 6.22. The van der Waals surface area contributed by atoms with Crippen LogP contribution in [0.5, 0.6) is 0 Å². The van der Waals surface area contributed by atoms with Crippen molar-refractivity contribution in [2.75, 3.05) is 0 Å². The molecular formula is C9H14. The zero-order valence-electron chi connectivity index (χ0n) is 6.22. The van der Waals surface area contributed by atoms with Gasteiger partial charge >= 0.3 is 0 Å². The predicted octanol–water partition coefficient (Wildman–Crippen LogP) is 2.92. The molecule has 0 heterocycles. The van der Waals surface area contributed by atoms with Gasteiger partial charge in [0.2, 0.25) is 0 Å². The Morgan fingerprint density at radius 3 is 2.89 bits per heavy atom. The first-order valence-corrected chi connectivity index (χ1v) is 3.67. The van der Waals surface area contributed by atoms with Gasteiger partial charge in [0.1, 0.15) is 0 Å². The lowest BCUT2D eigenvalue weighted by Gasteiger charge is -2.15. The fourth-order valence-electron chi connectivity index (χ4n) is 1.28. The topological polar surface area (TPSA) is 0 Å². The summed E-state index contributed by atoms with van der Waals surface area (Å²) in [5.41, 5.74) is 1.50. The second-order valence-corrected chi connectivity index (χ2v) is 2.67. The number of allylic oxidation sites excluding steroid dienone is 4. The van der Waals surface area contributed by atoms with Gasteiger partial charge in [-0.05, 0) is 31.3 Å². The summed E-state index contributed by atoms with van der Waals surface area (Å²) in [4.78, 5) is 0. The van der Waals surface area contributed by atoms with Crippen LogP contribution in [0.1, 0.15) is 26.7 Å². The Morgan fingerprint density at radius 2 is 2.44 bits per heavy atom. The molecule has 0 aromatic rings. The lowest BCUT2D eigenvalue weighted by atomic mass is 9.91. The summed E-state index contributed by atoms with van der Waals surface area (Å²) in [5.74, 6) is 0.792. The van der Waals surface area contributed by atoms with Crippen molar-refractivity contribution in [3.63, 3.8) is 0 Å². The molecule has 0 saturated carbocycles. The minimum absolute atomic E-state index is 0.792. The number of rotatable bonds is 0. The molecule has 0 nitrogen and oxygen atoms in total. The molecule has 50 valence electrons. The predicted molar refractivity (Wildman–Crippen MR) is 41.3 cm³/mol. The molecule has 1 rings (SSSR count). The lowest BCUT2D eigenvalue weighted by Crippen LogP contribution is -2.00. The molecule has 0 spiro atoms. The largest absolute Gasteiger partial charge is 0.0842 e. The molecule has 9 heavy (non-hydrogen) atoms. The van der Waals surface area contributed by atoms with Gasteiger partial charge in [0.15, 0.2) is 0 Å². The van der Waals surface area contributed by atoms with Gasteiger partial charge in [-0.25, -0.2) is 0 Å². The van der Waals surface area contributed by atoms with Gasteiger partial charge in [0, 0.05) is 0 Å². The van der Waals surface area contributed by atoms with Crippen molar-refractivity contribution >= 4 is 0 Å². The normalized spacial score (nSPS) is 31.3. The molecule has 1 atom stereocenters. The molecule has 0 aromatic heterocycles. The van der Waals surface area contributed by atoms with Gasteiger partial charge in [-0.1, -0.05) is 25.2 Å². The van der Waals surface area contributed by atoms with Gasteiger partial charge in [-0.2, -0.15) is 0 Å². The number of hydrogen-bond donors (Lipinski definition) is 0. The number of hydrogen-bond acceptors (Lipinski definition) is 0. The third-order valence-electron chi connectivity index (χ3n) is 1.98. The van der Waals surface area contributed by atoms with E-state index in [1.807, 2.05) is 0 Å². The maximum atomic E-state index is 2.29. The van der Waals surface area contributed by atoms with Gasteiger partial charge in [0.25, 0.3) is 0 Å². The Labute approximate surface area is 57.3 Å². The van der Waals surface area contributed by atoms with Crippen LogP contribution < -0.4 is 0 Å². The van der Waals surface area contributed by atoms with E-state index in [0.29, 0.717) is 0 Å². The highest BCUT2D eigenvalue weighted by Gasteiger charge is 2.06. The fourth-order valence-corrected chi connectivity index (χ4v) is 1.28. The van der Waals surface area contributed by atoms with E-state index in [0.717, 1.165) is 5.92 Å². The van der Waals surface area contributed by atoms with Crippen LogP contribution in [0, 0.1) is 5.92 Å². The van der Waals surface area contributed by atoms with E-state index in [2.05, 4.69) is 32.1 Å². The Hall–Kier alpha value is -0.520. The Bertz CT molecular complexity index is 137. The SMILES string of the molecule is C/C=C1\C=CCCC1C. The van der Waals surface area contributed by atoms with Crippen LogP contribution in [0.25, 0.3) is 0 Å². The molecule has 0 aromatic carbocycles. The summed E-state index contributed by atoms with van der Waals surface area (Å²) in [5, 5.41) is 0. The molecule has 0 amide bonds. The van der Waals surface area contributed by atoms with E-state index in [1.54, 1.807) is 0 Å². The monoisotopic (exact) mass is 122 g/mol. The summed E-state index contributed by atoms with van der Waals surface area (Å²) < 4.78 is 0. The average Bonchev–Trinajstić information content (AvgIpc) is 1.89. The second kappa shape index (κ2) is 2.86. The van der Waals surface area contributed by atoms with E-state index in [-0.39, 0.29) is 0 Å². The van der Waals surface area contributed by atoms with E-state index in [9.17, 15) is 0 Å². The maximum absolute atomic E-state index is 2.29. The van der Waals surface area contributed by atoms with Crippen molar-refractivity contribution in [2.45, 2.75) is 26.7 Å². The minimum atomic E-state index is 0.792. The second-order valence-electron chi connectivity index (χ2n) is 2.67. The van der Waals surface area contributed by atoms with Crippen molar-refractivity contribution in [3.8, 4) is 0 Å². The van der Waals surface area contributed by atoms with Crippen molar-refractivity contribution in [1.29, 1.82) is 0 Å². The van der Waals surface area contributed by atoms with Crippen molar-refractivity contribution in [3.05, 3.63) is 23.8 Å². The van der Waals surface area contributed by atoms with Gasteiger partial charge in [0.05, 0.1) is 0 Å². The van der Waals surface area contributed by atoms with Gasteiger partial charge < -0.3 is 0 Å². The fraction of sp³-hybridized carbons (Fsp3) is 0.556. The van der Waals surface area contributed by atoms with E-state index < -0.39 is 0 Å². The lowest BCUT2D eigenvalue weighted by molar-refractivity contribution is 0.616. The molecule has 0 fully saturated rings. The van der Waals surface area contributed by atoms with E-state index >= 15 is 0 Å². The van der Waals surface area contributed by atoms with Crippen molar-refractivity contribution in [1.82, 2.24) is 0 Å². The smallest absolute Gasteiger partial charge is 0.0191 e. The first-order chi connectivity index (χ1) is 4.34. The third kappa shape index (κ3) is 1.44. The van der Waals surface area contributed by atoms with E-state index in [4.69, 9.17) is 0 Å². The van der Waals surface area contributed by atoms with Crippen LogP contribution in [-0.4, -0.2) is 0 Å². The summed E-state index contributed by atoms with van der Waals surface area (Å²) >= 11 is 0. The van der Waals surface area contributed by atoms with E-state index in [1.165, 1.54) is 18.4 Å². The van der Waals surface area contributed by atoms with Crippen molar-refractivity contribution < 1.29 is 0 Å². The molecule has 0 saturated heterocycles. The quantitative estimate of drug-likeness (QED) is 0.463. The molecule has 0 radical (unpaired) electrons. The Morgan fingerprint density at radius 1 is 1.67 bits per heavy atom. The van der Waals surface area contributed by atoms with Crippen LogP contribution in [-0.2, 0) is 0 Å². The summed E-state index contributed by atoms with van der Waals surface area (Å²) in [6.07, 6.45) is 9.30. The van der Waals surface area contributed by atoms with Gasteiger partial charge in [-0.15, -0.1) is 0 Å². The molecule has 0 aliphatic heterocycles. The molecule has 1 aliphatic carbocycles. The Kier molecular flexibility index (Phi) is 2.10. The summed E-state index contributed by atoms with van der Waals surface area (Å²) in [7, 11) is 0. The van der Waals surface area contributed by atoms with Crippen LogP contribution in [0.4, 0.5) is 0 Å². The van der Waals surface area contributed by atoms with Crippen molar-refractivity contribution in [2.24, 2.45) is 5.92 Å². The first kappa shape index (κ1) is 6.60. The highest BCUT2D eigenvalue weighted by molar-refractivity contribution is 5.22. The molecule has 1 unspecified atom stereocenters. The van der Waals surface area contributed by atoms with Crippen LogP contribution in [0.2, 0.25) is 0 Å². The Balaban J connectivity index is 2.68. The third-order valence-corrected chi connectivity index (χ3v) is 1.98. The molecule has 0 heteroatoms. The molecule has 0 bridgehead atoms. The molecular weight excluding hydrogens is 108 g/mol. The molecule has 0 N–H and O–H groups in total.